The number of alkyl halides is 3. The second-order valence-electron chi connectivity index (χ2n) is 4.77. The number of anilines is 1. The van der Waals surface area contributed by atoms with Crippen molar-refractivity contribution in [2.45, 2.75) is 11.1 Å². The van der Waals surface area contributed by atoms with Crippen molar-refractivity contribution in [1.29, 1.82) is 0 Å². The number of para-hydroxylation sites is 1. The van der Waals surface area contributed by atoms with Crippen molar-refractivity contribution in [3.05, 3.63) is 63.2 Å². The average Bonchev–Trinajstić information content (AvgIpc) is 2.53. The van der Waals surface area contributed by atoms with Crippen LogP contribution in [-0.2, 0) is 0 Å². The maximum atomic E-state index is 12.4. The second-order valence-corrected chi connectivity index (χ2v) is 6.23. The maximum absolute atomic E-state index is 12.4. The van der Waals surface area contributed by atoms with E-state index in [4.69, 9.17) is 11.6 Å². The summed E-state index contributed by atoms with van der Waals surface area (Å²) in [6.07, 6.45) is -4.36. The van der Waals surface area contributed by atoms with Gasteiger partial charge in [-0.3, -0.25) is 14.9 Å². The summed E-state index contributed by atoms with van der Waals surface area (Å²) < 4.78 is 37.2. The van der Waals surface area contributed by atoms with E-state index in [9.17, 15) is 28.1 Å². The van der Waals surface area contributed by atoms with Gasteiger partial charge in [0.2, 0.25) is 0 Å². The zero-order valence-corrected chi connectivity index (χ0v) is 13.9. The molecular formula is C15H10ClF3N2O3S. The maximum Gasteiger partial charge on any atom is 0.398 e. The Morgan fingerprint density at radius 3 is 2.56 bits per heavy atom. The second kappa shape index (κ2) is 7.75. The fourth-order valence-corrected chi connectivity index (χ4v) is 2.83. The number of carbonyl (C=O) groups is 1. The molecule has 0 unspecified atom stereocenters. The van der Waals surface area contributed by atoms with E-state index < -0.39 is 28.4 Å². The minimum atomic E-state index is -4.36. The van der Waals surface area contributed by atoms with Crippen LogP contribution >= 0.6 is 23.4 Å². The lowest BCUT2D eigenvalue weighted by Crippen LogP contribution is -2.15. The normalized spacial score (nSPS) is 11.2. The summed E-state index contributed by atoms with van der Waals surface area (Å²) in [5.41, 5.74) is -0.610. The van der Waals surface area contributed by atoms with E-state index in [2.05, 4.69) is 5.32 Å². The lowest BCUT2D eigenvalue weighted by Gasteiger charge is -2.12. The van der Waals surface area contributed by atoms with Crippen molar-refractivity contribution in [1.82, 2.24) is 0 Å². The molecule has 0 fully saturated rings. The Labute approximate surface area is 149 Å². The molecule has 0 spiro atoms. The van der Waals surface area contributed by atoms with Gasteiger partial charge in [-0.25, -0.2) is 0 Å². The Hall–Kier alpha value is -2.26. The molecule has 10 heteroatoms. The molecule has 0 radical (unpaired) electrons. The number of benzene rings is 2. The molecule has 0 aromatic heterocycles. The fraction of sp³-hybridized carbons (Fsp3) is 0.133. The van der Waals surface area contributed by atoms with Crippen LogP contribution in [0.2, 0.25) is 5.02 Å². The van der Waals surface area contributed by atoms with Crippen LogP contribution in [0.4, 0.5) is 24.5 Å². The Kier molecular flexibility index (Phi) is 5.91. The van der Waals surface area contributed by atoms with E-state index in [0.717, 1.165) is 6.07 Å². The van der Waals surface area contributed by atoms with Gasteiger partial charge < -0.3 is 5.32 Å². The molecule has 1 amide bonds. The highest BCUT2D eigenvalue weighted by Gasteiger charge is 2.28. The van der Waals surface area contributed by atoms with E-state index in [0.29, 0.717) is 11.8 Å². The predicted molar refractivity (Wildman–Crippen MR) is 89.3 cm³/mol. The number of halogens is 4. The summed E-state index contributed by atoms with van der Waals surface area (Å²) in [6.45, 7) is 0. The summed E-state index contributed by atoms with van der Waals surface area (Å²) in [4.78, 5) is 22.8. The highest BCUT2D eigenvalue weighted by atomic mass is 35.5. The van der Waals surface area contributed by atoms with Gasteiger partial charge in [-0.05, 0) is 24.3 Å². The zero-order chi connectivity index (χ0) is 18.6. The van der Waals surface area contributed by atoms with Crippen molar-refractivity contribution >= 4 is 40.6 Å². The molecule has 2 aromatic carbocycles. The van der Waals surface area contributed by atoms with Gasteiger partial charge in [0.05, 0.1) is 16.4 Å². The Bertz CT molecular complexity index is 815. The van der Waals surface area contributed by atoms with Gasteiger partial charge in [-0.1, -0.05) is 23.7 Å². The largest absolute Gasteiger partial charge is 0.398 e. The van der Waals surface area contributed by atoms with E-state index >= 15 is 0 Å². The lowest BCUT2D eigenvalue weighted by atomic mass is 10.1. The number of hydrogen-bond acceptors (Lipinski definition) is 4. The number of carbonyl (C=O) groups excluding carboxylic acids is 1. The van der Waals surface area contributed by atoms with Gasteiger partial charge in [-0.15, -0.1) is 11.8 Å². The molecule has 1 N–H and O–H groups in total. The molecule has 0 aliphatic carbocycles. The van der Waals surface area contributed by atoms with Gasteiger partial charge in [0, 0.05) is 16.0 Å². The third-order valence-electron chi connectivity index (χ3n) is 2.93. The number of rotatable bonds is 5. The van der Waals surface area contributed by atoms with Crippen LogP contribution in [0.3, 0.4) is 0 Å². The van der Waals surface area contributed by atoms with Crippen molar-refractivity contribution in [3.8, 4) is 0 Å². The van der Waals surface area contributed by atoms with Gasteiger partial charge in [0.1, 0.15) is 5.56 Å². The topological polar surface area (TPSA) is 72.2 Å². The molecule has 2 aromatic rings. The van der Waals surface area contributed by atoms with E-state index in [1.807, 2.05) is 0 Å². The van der Waals surface area contributed by atoms with Crippen molar-refractivity contribution in [2.24, 2.45) is 0 Å². The summed E-state index contributed by atoms with van der Waals surface area (Å²) in [5.74, 6) is -1.94. The third kappa shape index (κ3) is 5.36. The molecule has 5 nitrogen and oxygen atoms in total. The van der Waals surface area contributed by atoms with E-state index in [1.54, 1.807) is 0 Å². The first-order valence-electron chi connectivity index (χ1n) is 6.71. The number of thioether (sulfide) groups is 1. The smallest absolute Gasteiger partial charge is 0.321 e. The van der Waals surface area contributed by atoms with Gasteiger partial charge in [0.15, 0.2) is 0 Å². The summed E-state index contributed by atoms with van der Waals surface area (Å²) in [5, 5.41) is 13.5. The van der Waals surface area contributed by atoms with Gasteiger partial charge in [-0.2, -0.15) is 13.2 Å². The van der Waals surface area contributed by atoms with Crippen molar-refractivity contribution in [2.75, 3.05) is 11.1 Å². The predicted octanol–water partition coefficient (Wildman–Crippen LogP) is 5.15. The fourth-order valence-electron chi connectivity index (χ4n) is 1.89. The highest BCUT2D eigenvalue weighted by Crippen LogP contribution is 2.33. The van der Waals surface area contributed by atoms with E-state index in [1.165, 1.54) is 36.4 Å². The molecule has 0 bridgehead atoms. The van der Waals surface area contributed by atoms with Crippen molar-refractivity contribution < 1.29 is 22.9 Å². The Morgan fingerprint density at radius 1 is 1.24 bits per heavy atom. The molecule has 0 saturated carbocycles. The summed E-state index contributed by atoms with van der Waals surface area (Å²) in [6, 6.07) is 9.42. The molecule has 25 heavy (non-hydrogen) atoms. The van der Waals surface area contributed by atoms with Crippen LogP contribution in [0.5, 0.6) is 0 Å². The average molecular weight is 391 g/mol. The number of amides is 1. The third-order valence-corrected chi connectivity index (χ3v) is 4.30. The summed E-state index contributed by atoms with van der Waals surface area (Å²) in [7, 11) is 0. The number of hydrogen-bond donors (Lipinski definition) is 1. The minimum absolute atomic E-state index is 0.0874. The van der Waals surface area contributed by atoms with Crippen LogP contribution in [0, 0.1) is 10.1 Å². The Balaban J connectivity index is 2.26. The lowest BCUT2D eigenvalue weighted by molar-refractivity contribution is -0.385. The molecule has 0 atom stereocenters. The molecule has 2 rings (SSSR count). The number of nitrogens with one attached hydrogen (secondary N) is 1. The first-order valence-corrected chi connectivity index (χ1v) is 8.07. The Morgan fingerprint density at radius 2 is 1.92 bits per heavy atom. The highest BCUT2D eigenvalue weighted by molar-refractivity contribution is 7.99. The first kappa shape index (κ1) is 19.1. The van der Waals surface area contributed by atoms with Crippen molar-refractivity contribution in [3.63, 3.8) is 0 Å². The standard InChI is InChI=1S/C15H10ClF3N2O3S/c16-9-5-6-10(12(7-9)21(23)24)14(22)20-11-3-1-2-4-13(11)25-8-15(17,18)19/h1-7H,8H2,(H,20,22). The van der Waals surface area contributed by atoms with Crippen LogP contribution < -0.4 is 5.32 Å². The van der Waals surface area contributed by atoms with Crippen LogP contribution in [0.1, 0.15) is 10.4 Å². The van der Waals surface area contributed by atoms with Gasteiger partial charge >= 0.3 is 6.18 Å². The molecule has 0 aliphatic rings. The summed E-state index contributed by atoms with van der Waals surface area (Å²) >= 11 is 6.20. The molecule has 0 heterocycles. The number of nitro groups is 1. The van der Waals surface area contributed by atoms with Crippen LogP contribution in [0.25, 0.3) is 0 Å². The van der Waals surface area contributed by atoms with Gasteiger partial charge in [0.25, 0.3) is 11.6 Å². The molecule has 0 aliphatic heterocycles. The number of nitro benzene ring substituents is 1. The first-order chi connectivity index (χ1) is 11.7. The number of nitrogens with zero attached hydrogens (tertiary/aromatic N) is 1. The van der Waals surface area contributed by atoms with Crippen LogP contribution in [0.15, 0.2) is 47.4 Å². The van der Waals surface area contributed by atoms with Crippen LogP contribution in [-0.4, -0.2) is 22.8 Å². The molecular weight excluding hydrogens is 381 g/mol. The minimum Gasteiger partial charge on any atom is -0.321 e. The monoisotopic (exact) mass is 390 g/mol. The zero-order valence-electron chi connectivity index (χ0n) is 12.3. The van der Waals surface area contributed by atoms with E-state index in [-0.39, 0.29) is 21.2 Å². The molecule has 132 valence electrons. The molecule has 0 saturated heterocycles. The SMILES string of the molecule is O=C(Nc1ccccc1SCC(F)(F)F)c1ccc(Cl)cc1[N+](=O)[O-]. The quantitative estimate of drug-likeness (QED) is 0.435.